The molecule has 1 aliphatic heterocycles. The minimum Gasteiger partial charge on any atom is -0.496 e. The summed E-state index contributed by atoms with van der Waals surface area (Å²) in [5.41, 5.74) is 2.75. The zero-order valence-corrected chi connectivity index (χ0v) is 12.8. The average molecular weight is 301 g/mol. The monoisotopic (exact) mass is 300 g/mol. The van der Waals surface area contributed by atoms with E-state index in [4.69, 9.17) is 9.47 Å². The lowest BCUT2D eigenvalue weighted by Gasteiger charge is -2.23. The Hall–Kier alpha value is -1.30. The van der Waals surface area contributed by atoms with Gasteiger partial charge < -0.3 is 20.1 Å². The van der Waals surface area contributed by atoms with Crippen molar-refractivity contribution in [2.24, 2.45) is 0 Å². The quantitative estimate of drug-likeness (QED) is 0.891. The minimum absolute atomic E-state index is 0. The van der Waals surface area contributed by atoms with Gasteiger partial charge in [-0.05, 0) is 25.5 Å². The number of hydrogen-bond donors (Lipinski definition) is 2. The van der Waals surface area contributed by atoms with Gasteiger partial charge in [0.25, 0.3) is 5.91 Å². The Morgan fingerprint density at radius 1 is 1.45 bits per heavy atom. The summed E-state index contributed by atoms with van der Waals surface area (Å²) in [5.74, 6) is 0.682. The number of halogens is 1. The molecule has 1 amide bonds. The van der Waals surface area contributed by atoms with Gasteiger partial charge in [-0.2, -0.15) is 0 Å². The minimum atomic E-state index is -0.430. The summed E-state index contributed by atoms with van der Waals surface area (Å²) in [6.07, 6.45) is -0.430. The van der Waals surface area contributed by atoms with Crippen molar-refractivity contribution in [1.82, 2.24) is 5.32 Å². The van der Waals surface area contributed by atoms with Crippen LogP contribution in [0.1, 0.15) is 11.1 Å². The number of benzene rings is 1. The highest BCUT2D eigenvalue weighted by molar-refractivity contribution is 5.95. The predicted octanol–water partition coefficient (Wildman–Crippen LogP) is 1.66. The Labute approximate surface area is 125 Å². The molecule has 0 saturated carbocycles. The maximum Gasteiger partial charge on any atom is 0.254 e. The van der Waals surface area contributed by atoms with Gasteiger partial charge in [0, 0.05) is 24.3 Å². The van der Waals surface area contributed by atoms with Crippen LogP contribution in [0.15, 0.2) is 12.1 Å². The zero-order valence-electron chi connectivity index (χ0n) is 12.0. The fourth-order valence-electron chi connectivity index (χ4n) is 2.22. The summed E-state index contributed by atoms with van der Waals surface area (Å²) >= 11 is 0. The standard InChI is InChI=1S/C14H20N2O3.ClH/c1-9-4-5-11(10(2)13(9)18-3)16-14(17)12-8-15-6-7-19-12;/h4-5,12,15H,6-8H2,1-3H3,(H,16,17);1H. The van der Waals surface area contributed by atoms with Crippen LogP contribution in [0.3, 0.4) is 0 Å². The number of methoxy groups -OCH3 is 1. The van der Waals surface area contributed by atoms with Crippen LogP contribution in [0.2, 0.25) is 0 Å². The number of anilines is 1. The second-order valence-corrected chi connectivity index (χ2v) is 4.64. The summed E-state index contributed by atoms with van der Waals surface area (Å²) < 4.78 is 10.8. The van der Waals surface area contributed by atoms with Crippen molar-refractivity contribution >= 4 is 24.0 Å². The Balaban J connectivity index is 0.00000200. The van der Waals surface area contributed by atoms with Crippen molar-refractivity contribution in [3.8, 4) is 5.75 Å². The number of carbonyl (C=O) groups excluding carboxylic acids is 1. The average Bonchev–Trinajstić information content (AvgIpc) is 2.43. The fraction of sp³-hybridized carbons (Fsp3) is 0.500. The molecule has 2 N–H and O–H groups in total. The number of nitrogens with one attached hydrogen (secondary N) is 2. The molecule has 1 aromatic carbocycles. The molecule has 1 fully saturated rings. The number of rotatable bonds is 3. The van der Waals surface area contributed by atoms with Crippen LogP contribution < -0.4 is 15.4 Å². The molecule has 1 unspecified atom stereocenters. The van der Waals surface area contributed by atoms with E-state index in [9.17, 15) is 4.79 Å². The Morgan fingerprint density at radius 2 is 2.20 bits per heavy atom. The lowest BCUT2D eigenvalue weighted by Crippen LogP contribution is -2.45. The van der Waals surface area contributed by atoms with Gasteiger partial charge in [-0.1, -0.05) is 6.07 Å². The van der Waals surface area contributed by atoms with Gasteiger partial charge in [-0.25, -0.2) is 0 Å². The van der Waals surface area contributed by atoms with E-state index in [0.29, 0.717) is 13.2 Å². The molecule has 5 nitrogen and oxygen atoms in total. The first-order chi connectivity index (χ1) is 9.13. The number of carbonyl (C=O) groups is 1. The molecule has 0 bridgehead atoms. The third-order valence-electron chi connectivity index (χ3n) is 3.28. The first-order valence-electron chi connectivity index (χ1n) is 6.41. The largest absolute Gasteiger partial charge is 0.496 e. The summed E-state index contributed by atoms with van der Waals surface area (Å²) in [6.45, 7) is 5.82. The summed E-state index contributed by atoms with van der Waals surface area (Å²) in [5, 5.41) is 6.04. The number of morpholine rings is 1. The summed E-state index contributed by atoms with van der Waals surface area (Å²) in [7, 11) is 1.63. The molecule has 1 saturated heterocycles. The molecular formula is C14H21ClN2O3. The van der Waals surface area contributed by atoms with E-state index in [1.165, 1.54) is 0 Å². The zero-order chi connectivity index (χ0) is 13.8. The lowest BCUT2D eigenvalue weighted by molar-refractivity contribution is -0.128. The van der Waals surface area contributed by atoms with Crippen molar-refractivity contribution < 1.29 is 14.3 Å². The lowest BCUT2D eigenvalue weighted by atomic mass is 10.1. The topological polar surface area (TPSA) is 59.6 Å². The molecule has 20 heavy (non-hydrogen) atoms. The molecule has 0 radical (unpaired) electrons. The molecule has 6 heteroatoms. The van der Waals surface area contributed by atoms with Gasteiger partial charge in [0.2, 0.25) is 0 Å². The molecule has 112 valence electrons. The summed E-state index contributed by atoms with van der Waals surface area (Å²) in [6, 6.07) is 3.82. The Bertz CT molecular complexity index is 474. The van der Waals surface area contributed by atoms with E-state index in [1.54, 1.807) is 7.11 Å². The first kappa shape index (κ1) is 16.8. The molecule has 1 aliphatic rings. The number of amides is 1. The highest BCUT2D eigenvalue weighted by Gasteiger charge is 2.22. The molecule has 0 spiro atoms. The van der Waals surface area contributed by atoms with Gasteiger partial charge in [0.15, 0.2) is 0 Å². The third-order valence-corrected chi connectivity index (χ3v) is 3.28. The first-order valence-corrected chi connectivity index (χ1v) is 6.41. The maximum absolute atomic E-state index is 12.1. The molecule has 2 rings (SSSR count). The van der Waals surface area contributed by atoms with Gasteiger partial charge in [-0.3, -0.25) is 4.79 Å². The van der Waals surface area contributed by atoms with Crippen LogP contribution in [-0.4, -0.2) is 38.8 Å². The van der Waals surface area contributed by atoms with Crippen molar-refractivity contribution in [2.45, 2.75) is 20.0 Å². The van der Waals surface area contributed by atoms with Crippen LogP contribution in [0.25, 0.3) is 0 Å². The van der Waals surface area contributed by atoms with E-state index >= 15 is 0 Å². The van der Waals surface area contributed by atoms with Crippen molar-refractivity contribution in [3.05, 3.63) is 23.3 Å². The molecule has 1 aromatic rings. The molecular weight excluding hydrogens is 280 g/mol. The highest BCUT2D eigenvalue weighted by atomic mass is 35.5. The van der Waals surface area contributed by atoms with Gasteiger partial charge in [-0.15, -0.1) is 12.4 Å². The second kappa shape index (κ2) is 7.47. The normalized spacial score (nSPS) is 18.1. The van der Waals surface area contributed by atoms with Crippen LogP contribution in [0.5, 0.6) is 5.75 Å². The molecule has 1 heterocycles. The van der Waals surface area contributed by atoms with E-state index < -0.39 is 6.10 Å². The number of ether oxygens (including phenoxy) is 2. The third kappa shape index (κ3) is 3.62. The Morgan fingerprint density at radius 3 is 2.80 bits per heavy atom. The molecule has 0 aliphatic carbocycles. The SMILES string of the molecule is COc1c(C)ccc(NC(=O)C2CNCCO2)c1C.Cl. The van der Waals surface area contributed by atoms with Crippen molar-refractivity contribution in [1.29, 1.82) is 0 Å². The van der Waals surface area contributed by atoms with Crippen molar-refractivity contribution in [2.75, 3.05) is 32.1 Å². The van der Waals surface area contributed by atoms with Gasteiger partial charge in [0.05, 0.1) is 13.7 Å². The van der Waals surface area contributed by atoms with Crippen molar-refractivity contribution in [3.63, 3.8) is 0 Å². The number of hydrogen-bond acceptors (Lipinski definition) is 4. The van der Waals surface area contributed by atoms with E-state index in [1.807, 2.05) is 26.0 Å². The molecule has 1 atom stereocenters. The smallest absolute Gasteiger partial charge is 0.254 e. The van der Waals surface area contributed by atoms with Crippen LogP contribution >= 0.6 is 12.4 Å². The van der Waals surface area contributed by atoms with Gasteiger partial charge >= 0.3 is 0 Å². The van der Waals surface area contributed by atoms with Crippen LogP contribution in [0, 0.1) is 13.8 Å². The predicted molar refractivity (Wildman–Crippen MR) is 81.0 cm³/mol. The maximum atomic E-state index is 12.1. The second-order valence-electron chi connectivity index (χ2n) is 4.64. The number of aryl methyl sites for hydroxylation is 1. The van der Waals surface area contributed by atoms with Crippen LogP contribution in [-0.2, 0) is 9.53 Å². The molecule has 0 aromatic heterocycles. The highest BCUT2D eigenvalue weighted by Crippen LogP contribution is 2.29. The van der Waals surface area contributed by atoms with E-state index in [-0.39, 0.29) is 18.3 Å². The fourth-order valence-corrected chi connectivity index (χ4v) is 2.22. The van der Waals surface area contributed by atoms with E-state index in [2.05, 4.69) is 10.6 Å². The summed E-state index contributed by atoms with van der Waals surface area (Å²) in [4.78, 5) is 12.1. The van der Waals surface area contributed by atoms with Crippen LogP contribution in [0.4, 0.5) is 5.69 Å². The Kier molecular flexibility index (Phi) is 6.26. The van der Waals surface area contributed by atoms with Gasteiger partial charge in [0.1, 0.15) is 11.9 Å². The van der Waals surface area contributed by atoms with E-state index in [0.717, 1.165) is 29.1 Å².